The van der Waals surface area contributed by atoms with Gasteiger partial charge in [-0.05, 0) is 32.3 Å². The maximum absolute atomic E-state index is 6.05. The van der Waals surface area contributed by atoms with E-state index in [1.54, 1.807) is 0 Å². The molecule has 7 nitrogen and oxygen atoms in total. The molecular weight excluding hydrogens is 392 g/mol. The number of guanidine groups is 1. The van der Waals surface area contributed by atoms with Crippen LogP contribution in [0.3, 0.4) is 0 Å². The second-order valence-corrected chi connectivity index (χ2v) is 8.68. The number of hydrogen-bond donors (Lipinski definition) is 1. The third kappa shape index (κ3) is 5.98. The van der Waals surface area contributed by atoms with Crippen molar-refractivity contribution in [2.45, 2.75) is 44.9 Å². The molecule has 4 rings (SSSR count). The van der Waals surface area contributed by atoms with Gasteiger partial charge < -0.3 is 24.4 Å². The number of benzene rings is 1. The fourth-order valence-corrected chi connectivity index (χ4v) is 4.79. The maximum Gasteiger partial charge on any atom is 0.194 e. The van der Waals surface area contributed by atoms with Crippen LogP contribution in [0.1, 0.15) is 36.9 Å². The highest BCUT2D eigenvalue weighted by Crippen LogP contribution is 2.24. The SMILES string of the molecule is CCNC(=NCC(c1cccc(C)c1)N1CCOCC1)N1CCOC(C2CCCO2)C1. The highest BCUT2D eigenvalue weighted by Gasteiger charge is 2.32. The molecule has 7 heteroatoms. The molecule has 0 aromatic heterocycles. The smallest absolute Gasteiger partial charge is 0.194 e. The van der Waals surface area contributed by atoms with E-state index in [0.717, 1.165) is 84.5 Å². The van der Waals surface area contributed by atoms with Gasteiger partial charge >= 0.3 is 0 Å². The number of morpholine rings is 2. The van der Waals surface area contributed by atoms with E-state index in [0.29, 0.717) is 0 Å². The van der Waals surface area contributed by atoms with Crippen molar-refractivity contribution in [3.63, 3.8) is 0 Å². The molecule has 0 bridgehead atoms. The first kappa shape index (κ1) is 22.5. The molecule has 3 saturated heterocycles. The first-order chi connectivity index (χ1) is 15.2. The second-order valence-electron chi connectivity index (χ2n) is 8.68. The van der Waals surface area contributed by atoms with Gasteiger partial charge in [0.25, 0.3) is 0 Å². The van der Waals surface area contributed by atoms with Gasteiger partial charge in [-0.3, -0.25) is 9.89 Å². The fraction of sp³-hybridized carbons (Fsp3) is 0.708. The number of aliphatic imine (C=N–C) groups is 1. The zero-order chi connectivity index (χ0) is 21.5. The van der Waals surface area contributed by atoms with E-state index in [-0.39, 0.29) is 18.2 Å². The molecule has 3 heterocycles. The summed E-state index contributed by atoms with van der Waals surface area (Å²) >= 11 is 0. The standard InChI is InChI=1S/C24H38N4O3/c1-3-25-24(28-11-15-31-23(18-28)22-8-5-12-30-22)26-17-21(27-9-13-29-14-10-27)20-7-4-6-19(2)16-20/h4,6-7,16,21-23H,3,5,8-15,17-18H2,1-2H3,(H,25,26). The van der Waals surface area contributed by atoms with E-state index in [1.165, 1.54) is 11.1 Å². The summed E-state index contributed by atoms with van der Waals surface area (Å²) in [6.07, 6.45) is 2.58. The largest absolute Gasteiger partial charge is 0.379 e. The number of nitrogens with zero attached hydrogens (tertiary/aromatic N) is 3. The third-order valence-electron chi connectivity index (χ3n) is 6.43. The van der Waals surface area contributed by atoms with Gasteiger partial charge in [-0.15, -0.1) is 0 Å². The topological polar surface area (TPSA) is 58.6 Å². The Morgan fingerprint density at radius 1 is 1.13 bits per heavy atom. The molecule has 0 aliphatic carbocycles. The molecular formula is C24H38N4O3. The van der Waals surface area contributed by atoms with Crippen LogP contribution in [0.15, 0.2) is 29.3 Å². The number of aryl methyl sites for hydroxylation is 1. The van der Waals surface area contributed by atoms with Crippen LogP contribution in [0.4, 0.5) is 0 Å². The summed E-state index contributed by atoms with van der Waals surface area (Å²) in [7, 11) is 0. The summed E-state index contributed by atoms with van der Waals surface area (Å²) < 4.78 is 17.6. The van der Waals surface area contributed by atoms with Gasteiger partial charge in [0.15, 0.2) is 5.96 Å². The first-order valence-electron chi connectivity index (χ1n) is 11.9. The first-order valence-corrected chi connectivity index (χ1v) is 11.9. The van der Waals surface area contributed by atoms with Crippen LogP contribution < -0.4 is 5.32 Å². The van der Waals surface area contributed by atoms with E-state index < -0.39 is 0 Å². The molecule has 172 valence electrons. The van der Waals surface area contributed by atoms with Crippen molar-refractivity contribution in [3.05, 3.63) is 35.4 Å². The molecule has 1 aromatic rings. The van der Waals surface area contributed by atoms with Crippen molar-refractivity contribution in [1.29, 1.82) is 0 Å². The number of rotatable bonds is 6. The molecule has 0 radical (unpaired) electrons. The van der Waals surface area contributed by atoms with Gasteiger partial charge in [0.05, 0.1) is 38.5 Å². The van der Waals surface area contributed by atoms with E-state index in [9.17, 15) is 0 Å². The van der Waals surface area contributed by atoms with E-state index in [1.807, 2.05) is 0 Å². The minimum Gasteiger partial charge on any atom is -0.379 e. The number of nitrogens with one attached hydrogen (secondary N) is 1. The van der Waals surface area contributed by atoms with Crippen LogP contribution in [0.5, 0.6) is 0 Å². The summed E-state index contributed by atoms with van der Waals surface area (Å²) in [6.45, 7) is 12.6. The molecule has 0 spiro atoms. The van der Waals surface area contributed by atoms with Crippen LogP contribution in [-0.4, -0.2) is 93.7 Å². The van der Waals surface area contributed by atoms with Crippen molar-refractivity contribution < 1.29 is 14.2 Å². The van der Waals surface area contributed by atoms with Crippen molar-refractivity contribution in [2.75, 3.05) is 65.7 Å². The molecule has 3 atom stereocenters. The summed E-state index contributed by atoms with van der Waals surface area (Å²) in [6, 6.07) is 9.10. The highest BCUT2D eigenvalue weighted by molar-refractivity contribution is 5.80. The zero-order valence-electron chi connectivity index (χ0n) is 19.1. The maximum atomic E-state index is 6.05. The monoisotopic (exact) mass is 430 g/mol. The lowest BCUT2D eigenvalue weighted by atomic mass is 10.0. The van der Waals surface area contributed by atoms with Gasteiger partial charge in [0.1, 0.15) is 6.10 Å². The van der Waals surface area contributed by atoms with Crippen LogP contribution in [0, 0.1) is 6.92 Å². The van der Waals surface area contributed by atoms with Crippen molar-refractivity contribution in [2.24, 2.45) is 4.99 Å². The predicted octanol–water partition coefficient (Wildman–Crippen LogP) is 2.21. The second kappa shape index (κ2) is 11.3. The average molecular weight is 431 g/mol. The Labute approximate surface area is 186 Å². The molecule has 3 aliphatic heterocycles. The fourth-order valence-electron chi connectivity index (χ4n) is 4.79. The Kier molecular flexibility index (Phi) is 8.19. The van der Waals surface area contributed by atoms with Gasteiger partial charge in [-0.1, -0.05) is 29.8 Å². The highest BCUT2D eigenvalue weighted by atomic mass is 16.5. The van der Waals surface area contributed by atoms with Gasteiger partial charge in [-0.25, -0.2) is 0 Å². The molecule has 31 heavy (non-hydrogen) atoms. The molecule has 0 saturated carbocycles. The van der Waals surface area contributed by atoms with Crippen molar-refractivity contribution >= 4 is 5.96 Å². The van der Waals surface area contributed by atoms with Gasteiger partial charge in [-0.2, -0.15) is 0 Å². The van der Waals surface area contributed by atoms with Crippen LogP contribution >= 0.6 is 0 Å². The minimum absolute atomic E-state index is 0.131. The molecule has 3 fully saturated rings. The summed E-state index contributed by atoms with van der Waals surface area (Å²) in [4.78, 5) is 10.00. The average Bonchev–Trinajstić information content (AvgIpc) is 3.35. The molecule has 1 aromatic carbocycles. The Hall–Kier alpha value is -1.67. The van der Waals surface area contributed by atoms with E-state index in [4.69, 9.17) is 19.2 Å². The van der Waals surface area contributed by atoms with Crippen LogP contribution in [0.25, 0.3) is 0 Å². The lowest BCUT2D eigenvalue weighted by Crippen LogP contribution is -2.53. The van der Waals surface area contributed by atoms with E-state index >= 15 is 0 Å². The molecule has 1 N–H and O–H groups in total. The lowest BCUT2D eigenvalue weighted by Gasteiger charge is -2.38. The molecule has 0 amide bonds. The quantitative estimate of drug-likeness (QED) is 0.552. The molecule has 3 aliphatic rings. The Balaban J connectivity index is 1.50. The van der Waals surface area contributed by atoms with Crippen LogP contribution in [0.2, 0.25) is 0 Å². The van der Waals surface area contributed by atoms with Gasteiger partial charge in [0.2, 0.25) is 0 Å². The Morgan fingerprint density at radius 3 is 2.71 bits per heavy atom. The van der Waals surface area contributed by atoms with Gasteiger partial charge in [0, 0.05) is 39.3 Å². The van der Waals surface area contributed by atoms with E-state index in [2.05, 4.69) is 53.2 Å². The summed E-state index contributed by atoms with van der Waals surface area (Å²) in [5, 5.41) is 3.52. The van der Waals surface area contributed by atoms with Crippen molar-refractivity contribution in [3.8, 4) is 0 Å². The summed E-state index contributed by atoms with van der Waals surface area (Å²) in [5.41, 5.74) is 2.62. The molecule has 3 unspecified atom stereocenters. The lowest BCUT2D eigenvalue weighted by molar-refractivity contribution is -0.0817. The number of hydrogen-bond acceptors (Lipinski definition) is 5. The Morgan fingerprint density at radius 2 is 1.97 bits per heavy atom. The predicted molar refractivity (Wildman–Crippen MR) is 123 cm³/mol. The van der Waals surface area contributed by atoms with Crippen molar-refractivity contribution in [1.82, 2.24) is 15.1 Å². The van der Waals surface area contributed by atoms with Crippen LogP contribution in [-0.2, 0) is 14.2 Å². The Bertz CT molecular complexity index is 717. The minimum atomic E-state index is 0.131. The third-order valence-corrected chi connectivity index (χ3v) is 6.43. The normalized spacial score (nSPS) is 26.8. The summed E-state index contributed by atoms with van der Waals surface area (Å²) in [5.74, 6) is 0.986. The zero-order valence-corrected chi connectivity index (χ0v) is 19.1. The number of ether oxygens (including phenoxy) is 3.